The first-order valence-electron chi connectivity index (χ1n) is 10.5. The van der Waals surface area contributed by atoms with Crippen LogP contribution in [0.3, 0.4) is 0 Å². The van der Waals surface area contributed by atoms with Crippen LogP contribution in [0.25, 0.3) is 21.7 Å². The van der Waals surface area contributed by atoms with Gasteiger partial charge in [-0.2, -0.15) is 13.2 Å². The summed E-state index contributed by atoms with van der Waals surface area (Å²) in [5.74, 6) is -0.930. The Morgan fingerprint density at radius 3 is 2.39 bits per heavy atom. The van der Waals surface area contributed by atoms with Crippen molar-refractivity contribution in [2.45, 2.75) is 51.6 Å². The molecular formula is C23H27F3N4O. The largest absolute Gasteiger partial charge is 0.451 e. The predicted octanol–water partition coefficient (Wildman–Crippen LogP) is 5.10. The summed E-state index contributed by atoms with van der Waals surface area (Å²) in [6.45, 7) is 10.2. The number of rotatable bonds is 4. The van der Waals surface area contributed by atoms with E-state index in [-0.39, 0.29) is 29.1 Å². The summed E-state index contributed by atoms with van der Waals surface area (Å²) in [6, 6.07) is 11.0. The predicted molar refractivity (Wildman–Crippen MR) is 116 cm³/mol. The Bertz CT molecular complexity index is 1090. The molecule has 166 valence electrons. The second-order valence-corrected chi connectivity index (χ2v) is 8.90. The molecule has 0 bridgehead atoms. The van der Waals surface area contributed by atoms with Crippen LogP contribution in [0.1, 0.15) is 33.5 Å². The molecule has 2 aromatic carbocycles. The lowest BCUT2D eigenvalue weighted by Gasteiger charge is -2.45. The van der Waals surface area contributed by atoms with E-state index in [2.05, 4.69) is 34.0 Å². The molecule has 0 spiro atoms. The molecule has 4 rings (SSSR count). The van der Waals surface area contributed by atoms with E-state index in [9.17, 15) is 13.2 Å². The average Bonchev–Trinajstić information content (AvgIpc) is 2.70. The van der Waals surface area contributed by atoms with E-state index >= 15 is 0 Å². The fraction of sp³-hybridized carbons (Fsp3) is 0.478. The maximum atomic E-state index is 13.5. The molecule has 1 N–H and O–H groups in total. The van der Waals surface area contributed by atoms with Crippen molar-refractivity contribution in [3.05, 3.63) is 42.2 Å². The van der Waals surface area contributed by atoms with Crippen LogP contribution in [-0.4, -0.2) is 52.2 Å². The number of nitrogens with one attached hydrogen (secondary N) is 1. The lowest BCUT2D eigenvalue weighted by Crippen LogP contribution is -2.57. The van der Waals surface area contributed by atoms with Crippen LogP contribution < -0.4 is 5.32 Å². The van der Waals surface area contributed by atoms with Crippen molar-refractivity contribution < 1.29 is 17.9 Å². The molecule has 0 amide bonds. The number of benzene rings is 2. The number of aromatic nitrogens is 2. The van der Waals surface area contributed by atoms with E-state index in [4.69, 9.17) is 4.74 Å². The van der Waals surface area contributed by atoms with Crippen molar-refractivity contribution in [1.29, 1.82) is 0 Å². The quantitative estimate of drug-likeness (QED) is 0.581. The van der Waals surface area contributed by atoms with E-state index in [1.54, 1.807) is 12.1 Å². The number of fused-ring (bicyclic) bond motifs is 3. The highest BCUT2D eigenvalue weighted by molar-refractivity contribution is 6.11. The maximum absolute atomic E-state index is 13.5. The second-order valence-electron chi connectivity index (χ2n) is 8.90. The Balaban J connectivity index is 1.74. The minimum absolute atomic E-state index is 0.101. The third-order valence-electron chi connectivity index (χ3n) is 5.81. The molecule has 0 unspecified atom stereocenters. The highest BCUT2D eigenvalue weighted by atomic mass is 19.4. The van der Waals surface area contributed by atoms with Crippen LogP contribution in [-0.2, 0) is 10.9 Å². The molecular weight excluding hydrogens is 405 g/mol. The van der Waals surface area contributed by atoms with E-state index in [0.717, 1.165) is 23.9 Å². The maximum Gasteiger partial charge on any atom is 0.451 e. The van der Waals surface area contributed by atoms with Crippen LogP contribution >= 0.6 is 0 Å². The molecule has 1 aliphatic heterocycles. The summed E-state index contributed by atoms with van der Waals surface area (Å²) in [5.41, 5.74) is -0.0398. The summed E-state index contributed by atoms with van der Waals surface area (Å²) in [7, 11) is 0. The fourth-order valence-corrected chi connectivity index (χ4v) is 4.24. The summed E-state index contributed by atoms with van der Waals surface area (Å²) >= 11 is 0. The Kier molecular flexibility index (Phi) is 5.55. The Hall–Kier alpha value is -2.45. The van der Waals surface area contributed by atoms with E-state index in [1.807, 2.05) is 38.1 Å². The van der Waals surface area contributed by atoms with Gasteiger partial charge >= 0.3 is 6.18 Å². The van der Waals surface area contributed by atoms with Crippen molar-refractivity contribution in [3.63, 3.8) is 0 Å². The first-order valence-corrected chi connectivity index (χ1v) is 10.5. The van der Waals surface area contributed by atoms with Gasteiger partial charge in [0.05, 0.1) is 23.1 Å². The van der Waals surface area contributed by atoms with Crippen LogP contribution in [0, 0.1) is 0 Å². The Morgan fingerprint density at radius 2 is 1.71 bits per heavy atom. The van der Waals surface area contributed by atoms with Crippen LogP contribution in [0.4, 0.5) is 19.0 Å². The number of anilines is 1. The first kappa shape index (κ1) is 21.8. The topological polar surface area (TPSA) is 50.3 Å². The lowest BCUT2D eigenvalue weighted by atomic mass is 9.99. The molecule has 5 nitrogen and oxygen atoms in total. The van der Waals surface area contributed by atoms with Gasteiger partial charge in [-0.05, 0) is 44.5 Å². The molecule has 1 aliphatic rings. The van der Waals surface area contributed by atoms with Gasteiger partial charge in [-0.15, -0.1) is 0 Å². The summed E-state index contributed by atoms with van der Waals surface area (Å²) < 4.78 is 46.3. The standard InChI is InChI=1S/C23H27F3N4O/c1-14-11-30(12-15(2)31-14)22(3,4)13-27-20-19-17-8-6-5-7-16(17)9-10-18(19)28-21(29-20)23(24,25)26/h5-10,14-15H,11-13H2,1-4H3,(H,27,28,29)/t14-,15+. The lowest BCUT2D eigenvalue weighted by molar-refractivity contribution is -0.144. The van der Waals surface area contributed by atoms with Gasteiger partial charge in [0.2, 0.25) is 5.82 Å². The van der Waals surface area contributed by atoms with Gasteiger partial charge in [0.25, 0.3) is 0 Å². The minimum atomic E-state index is -4.62. The molecule has 0 saturated carbocycles. The number of hydrogen-bond donors (Lipinski definition) is 1. The number of morpholine rings is 1. The van der Waals surface area contributed by atoms with E-state index in [1.165, 1.54) is 0 Å². The van der Waals surface area contributed by atoms with Gasteiger partial charge in [-0.3, -0.25) is 4.90 Å². The molecule has 0 radical (unpaired) electrons. The molecule has 1 saturated heterocycles. The van der Waals surface area contributed by atoms with Crippen molar-refractivity contribution in [3.8, 4) is 0 Å². The number of ether oxygens (including phenoxy) is 1. The Morgan fingerprint density at radius 1 is 1.03 bits per heavy atom. The smallest absolute Gasteiger partial charge is 0.373 e. The van der Waals surface area contributed by atoms with Crippen molar-refractivity contribution >= 4 is 27.5 Å². The van der Waals surface area contributed by atoms with Crippen LogP contribution in [0.5, 0.6) is 0 Å². The molecule has 31 heavy (non-hydrogen) atoms. The van der Waals surface area contributed by atoms with Crippen LogP contribution in [0.15, 0.2) is 36.4 Å². The third kappa shape index (κ3) is 4.45. The zero-order valence-electron chi connectivity index (χ0n) is 18.1. The zero-order chi connectivity index (χ0) is 22.4. The Labute approximate surface area is 179 Å². The fourth-order valence-electron chi connectivity index (χ4n) is 4.24. The molecule has 8 heteroatoms. The van der Waals surface area contributed by atoms with Gasteiger partial charge in [-0.25, -0.2) is 9.97 Å². The second kappa shape index (κ2) is 7.91. The van der Waals surface area contributed by atoms with Gasteiger partial charge < -0.3 is 10.1 Å². The first-order chi connectivity index (χ1) is 14.5. The zero-order valence-corrected chi connectivity index (χ0v) is 18.1. The van der Waals surface area contributed by atoms with Gasteiger partial charge in [-0.1, -0.05) is 30.3 Å². The molecule has 1 aromatic heterocycles. The normalized spacial score (nSPS) is 21.0. The summed E-state index contributed by atoms with van der Waals surface area (Å²) in [6.07, 6.45) is -4.42. The van der Waals surface area contributed by atoms with Crippen molar-refractivity contribution in [1.82, 2.24) is 14.9 Å². The number of nitrogens with zero attached hydrogens (tertiary/aromatic N) is 3. The van der Waals surface area contributed by atoms with E-state index < -0.39 is 12.0 Å². The highest BCUT2D eigenvalue weighted by Crippen LogP contribution is 2.34. The monoisotopic (exact) mass is 432 g/mol. The molecule has 0 aliphatic carbocycles. The van der Waals surface area contributed by atoms with Gasteiger partial charge in [0.1, 0.15) is 5.82 Å². The third-order valence-corrected chi connectivity index (χ3v) is 5.81. The summed E-state index contributed by atoms with van der Waals surface area (Å²) in [4.78, 5) is 10.0. The number of hydrogen-bond acceptors (Lipinski definition) is 5. The average molecular weight is 432 g/mol. The molecule has 3 aromatic rings. The van der Waals surface area contributed by atoms with Crippen molar-refractivity contribution in [2.24, 2.45) is 0 Å². The summed E-state index contributed by atoms with van der Waals surface area (Å²) in [5, 5.41) is 5.58. The molecule has 2 heterocycles. The number of halogens is 3. The minimum Gasteiger partial charge on any atom is -0.373 e. The highest BCUT2D eigenvalue weighted by Gasteiger charge is 2.37. The van der Waals surface area contributed by atoms with Crippen molar-refractivity contribution in [2.75, 3.05) is 25.0 Å². The van der Waals surface area contributed by atoms with Crippen LogP contribution in [0.2, 0.25) is 0 Å². The van der Waals surface area contributed by atoms with Gasteiger partial charge in [0, 0.05) is 25.2 Å². The SMILES string of the molecule is C[C@@H]1CN(C(C)(C)CNc2nc(C(F)(F)F)nc3ccc4ccccc4c23)C[C@H](C)O1. The van der Waals surface area contributed by atoms with E-state index in [0.29, 0.717) is 11.9 Å². The molecule has 1 fully saturated rings. The molecule has 2 atom stereocenters. The number of alkyl halides is 3. The van der Waals surface area contributed by atoms with Gasteiger partial charge in [0.15, 0.2) is 0 Å².